The third kappa shape index (κ3) is 4.34. The maximum absolute atomic E-state index is 12.1. The summed E-state index contributed by atoms with van der Waals surface area (Å²) in [4.78, 5) is 28.4. The van der Waals surface area contributed by atoms with Crippen LogP contribution < -0.4 is 5.56 Å². The Labute approximate surface area is 150 Å². The first kappa shape index (κ1) is 17.8. The number of aromatic nitrogens is 2. The van der Waals surface area contributed by atoms with Gasteiger partial charge in [0.05, 0.1) is 5.69 Å². The van der Waals surface area contributed by atoms with Gasteiger partial charge < -0.3 is 9.84 Å². The highest BCUT2D eigenvalue weighted by Crippen LogP contribution is 2.08. The van der Waals surface area contributed by atoms with Crippen LogP contribution in [0.1, 0.15) is 23.2 Å². The quantitative estimate of drug-likeness (QED) is 0.687. The Morgan fingerprint density at radius 1 is 1.23 bits per heavy atom. The molecular weight excluding hydrogens is 332 g/mol. The monoisotopic (exact) mass is 352 g/mol. The van der Waals surface area contributed by atoms with Gasteiger partial charge in [0.15, 0.2) is 6.10 Å². The second-order valence-electron chi connectivity index (χ2n) is 6.17. The maximum atomic E-state index is 12.1. The van der Waals surface area contributed by atoms with Crippen LogP contribution in [-0.4, -0.2) is 26.6 Å². The van der Waals surface area contributed by atoms with Crippen LogP contribution in [0.2, 0.25) is 0 Å². The van der Waals surface area contributed by atoms with Gasteiger partial charge in [-0.05, 0) is 37.0 Å². The van der Waals surface area contributed by atoms with Crippen molar-refractivity contribution in [1.82, 2.24) is 9.38 Å². The van der Waals surface area contributed by atoms with Gasteiger partial charge in [-0.1, -0.05) is 36.4 Å². The highest BCUT2D eigenvalue weighted by atomic mass is 16.5. The van der Waals surface area contributed by atoms with E-state index in [4.69, 9.17) is 4.74 Å². The van der Waals surface area contributed by atoms with Crippen LogP contribution in [0.4, 0.5) is 0 Å². The zero-order valence-corrected chi connectivity index (χ0v) is 14.5. The fraction of sp³-hybridized carbons (Fsp3) is 0.250. The van der Waals surface area contributed by atoms with E-state index in [-0.39, 0.29) is 18.6 Å². The molecule has 1 N–H and O–H groups in total. The molecule has 134 valence electrons. The molecule has 0 saturated heterocycles. The smallest absolute Gasteiger partial charge is 0.335 e. The van der Waals surface area contributed by atoms with Gasteiger partial charge in [-0.15, -0.1) is 0 Å². The molecule has 3 aromatic rings. The van der Waals surface area contributed by atoms with Gasteiger partial charge in [0, 0.05) is 12.3 Å². The number of fused-ring (bicyclic) bond motifs is 1. The summed E-state index contributed by atoms with van der Waals surface area (Å²) in [6.07, 6.45) is 1.34. The molecule has 3 rings (SSSR count). The lowest BCUT2D eigenvalue weighted by Crippen LogP contribution is -2.24. The van der Waals surface area contributed by atoms with Crippen LogP contribution in [0.5, 0.6) is 0 Å². The second kappa shape index (κ2) is 7.93. The summed E-state index contributed by atoms with van der Waals surface area (Å²) in [5.41, 5.74) is 2.58. The summed E-state index contributed by atoms with van der Waals surface area (Å²) in [6, 6.07) is 14.5. The highest BCUT2D eigenvalue weighted by molar-refractivity contribution is 5.74. The van der Waals surface area contributed by atoms with E-state index in [1.165, 1.54) is 10.5 Å². The van der Waals surface area contributed by atoms with E-state index in [2.05, 4.69) is 4.98 Å². The Bertz CT molecular complexity index is 966. The summed E-state index contributed by atoms with van der Waals surface area (Å²) in [7, 11) is 0. The average Bonchev–Trinajstić information content (AvgIpc) is 2.65. The fourth-order valence-corrected chi connectivity index (χ4v) is 2.64. The van der Waals surface area contributed by atoms with Crippen molar-refractivity contribution in [2.24, 2.45) is 0 Å². The molecule has 6 nitrogen and oxygen atoms in total. The Morgan fingerprint density at radius 2 is 2.00 bits per heavy atom. The average molecular weight is 352 g/mol. The molecule has 0 spiro atoms. The molecule has 0 radical (unpaired) electrons. The van der Waals surface area contributed by atoms with Crippen LogP contribution in [-0.2, 0) is 22.6 Å². The number of rotatable bonds is 6. The van der Waals surface area contributed by atoms with Crippen molar-refractivity contribution in [1.29, 1.82) is 0 Å². The largest absolute Gasteiger partial charge is 0.457 e. The minimum Gasteiger partial charge on any atom is -0.457 e. The normalized spacial score (nSPS) is 12.1. The molecule has 1 unspecified atom stereocenters. The summed E-state index contributed by atoms with van der Waals surface area (Å²) in [5.74, 6) is -0.716. The molecule has 0 bridgehead atoms. The molecule has 0 aliphatic rings. The zero-order chi connectivity index (χ0) is 18.5. The minimum atomic E-state index is -1.21. The van der Waals surface area contributed by atoms with E-state index >= 15 is 0 Å². The van der Waals surface area contributed by atoms with Crippen molar-refractivity contribution in [3.8, 4) is 0 Å². The molecule has 0 fully saturated rings. The number of hydrogen-bond acceptors (Lipinski definition) is 5. The van der Waals surface area contributed by atoms with Gasteiger partial charge in [0.25, 0.3) is 5.56 Å². The van der Waals surface area contributed by atoms with E-state index in [1.807, 2.05) is 43.3 Å². The van der Waals surface area contributed by atoms with E-state index in [9.17, 15) is 14.7 Å². The third-order valence-electron chi connectivity index (χ3n) is 4.04. The molecule has 6 heteroatoms. The molecule has 1 aromatic carbocycles. The zero-order valence-electron chi connectivity index (χ0n) is 14.5. The molecule has 0 aliphatic carbocycles. The number of carbonyl (C=O) groups excluding carboxylic acids is 1. The van der Waals surface area contributed by atoms with E-state index in [0.717, 1.165) is 11.1 Å². The molecule has 1 atom stereocenters. The standard InChI is InChI=1S/C20H20N2O4/c1-14-7-10-18-21-16(11-19(24)22(18)12-14)13-26-20(25)17(23)9-8-15-5-3-2-4-6-15/h2-7,10-12,17,23H,8-9,13H2,1H3. The Morgan fingerprint density at radius 3 is 2.77 bits per heavy atom. The molecule has 26 heavy (non-hydrogen) atoms. The SMILES string of the molecule is Cc1ccc2nc(COC(=O)C(O)CCc3ccccc3)cc(=O)n2c1. The topological polar surface area (TPSA) is 80.9 Å². The van der Waals surface area contributed by atoms with Crippen molar-refractivity contribution in [3.63, 3.8) is 0 Å². The fourth-order valence-electron chi connectivity index (χ4n) is 2.64. The van der Waals surface area contributed by atoms with E-state index in [1.54, 1.807) is 12.3 Å². The Kier molecular flexibility index (Phi) is 5.43. The molecular formula is C20H20N2O4. The van der Waals surface area contributed by atoms with Gasteiger partial charge >= 0.3 is 5.97 Å². The number of pyridine rings is 1. The molecule has 0 amide bonds. The first-order valence-corrected chi connectivity index (χ1v) is 8.40. The summed E-state index contributed by atoms with van der Waals surface area (Å²) < 4.78 is 6.55. The van der Waals surface area contributed by atoms with Crippen molar-refractivity contribution in [2.75, 3.05) is 0 Å². The van der Waals surface area contributed by atoms with Crippen LogP contribution in [0.3, 0.4) is 0 Å². The number of nitrogens with zero attached hydrogens (tertiary/aromatic N) is 2. The number of benzene rings is 1. The highest BCUT2D eigenvalue weighted by Gasteiger charge is 2.17. The van der Waals surface area contributed by atoms with Crippen molar-refractivity contribution >= 4 is 11.6 Å². The second-order valence-corrected chi connectivity index (χ2v) is 6.17. The van der Waals surface area contributed by atoms with Crippen molar-refractivity contribution < 1.29 is 14.6 Å². The van der Waals surface area contributed by atoms with E-state index in [0.29, 0.717) is 17.8 Å². The van der Waals surface area contributed by atoms with Crippen LogP contribution in [0, 0.1) is 6.92 Å². The molecule has 2 heterocycles. The van der Waals surface area contributed by atoms with Gasteiger partial charge in [0.1, 0.15) is 12.3 Å². The molecule has 2 aromatic heterocycles. The van der Waals surface area contributed by atoms with Gasteiger partial charge in [-0.2, -0.15) is 0 Å². The Balaban J connectivity index is 1.59. The predicted molar refractivity (Wildman–Crippen MR) is 96.8 cm³/mol. The van der Waals surface area contributed by atoms with Gasteiger partial charge in [0.2, 0.25) is 0 Å². The number of aliphatic hydroxyl groups is 1. The van der Waals surface area contributed by atoms with Crippen molar-refractivity contribution in [2.45, 2.75) is 32.5 Å². The summed E-state index contributed by atoms with van der Waals surface area (Å²) in [6.45, 7) is 1.74. The summed E-state index contributed by atoms with van der Waals surface area (Å²) >= 11 is 0. The van der Waals surface area contributed by atoms with Crippen LogP contribution in [0.15, 0.2) is 59.5 Å². The number of aliphatic hydroxyl groups excluding tert-OH is 1. The van der Waals surface area contributed by atoms with Gasteiger partial charge in [-0.25, -0.2) is 9.78 Å². The molecule has 0 aliphatic heterocycles. The van der Waals surface area contributed by atoms with Crippen LogP contribution >= 0.6 is 0 Å². The molecule has 0 saturated carbocycles. The number of aryl methyl sites for hydroxylation is 2. The van der Waals surface area contributed by atoms with Gasteiger partial charge in [-0.3, -0.25) is 9.20 Å². The Hall–Kier alpha value is -2.99. The number of esters is 1. The number of ether oxygens (including phenoxy) is 1. The van der Waals surface area contributed by atoms with E-state index < -0.39 is 12.1 Å². The number of hydrogen-bond donors (Lipinski definition) is 1. The number of carbonyl (C=O) groups is 1. The first-order valence-electron chi connectivity index (χ1n) is 8.40. The lowest BCUT2D eigenvalue weighted by atomic mass is 10.1. The van der Waals surface area contributed by atoms with Crippen molar-refractivity contribution in [3.05, 3.63) is 81.9 Å². The first-order chi connectivity index (χ1) is 12.5. The van der Waals surface area contributed by atoms with Crippen LogP contribution in [0.25, 0.3) is 5.65 Å². The lowest BCUT2D eigenvalue weighted by Gasteiger charge is -2.11. The third-order valence-corrected chi connectivity index (χ3v) is 4.04. The summed E-state index contributed by atoms with van der Waals surface area (Å²) in [5, 5.41) is 9.95. The maximum Gasteiger partial charge on any atom is 0.335 e. The predicted octanol–water partition coefficient (Wildman–Crippen LogP) is 2.04. The lowest BCUT2D eigenvalue weighted by molar-refractivity contribution is -0.155. The minimum absolute atomic E-state index is 0.152.